The fourth-order valence-corrected chi connectivity index (χ4v) is 2.48. The summed E-state index contributed by atoms with van der Waals surface area (Å²) in [5, 5.41) is 11.1. The molecule has 0 bridgehead atoms. The Morgan fingerprint density at radius 3 is 2.62 bits per heavy atom. The Hall–Kier alpha value is -1.62. The van der Waals surface area contributed by atoms with Gasteiger partial charge in [0.2, 0.25) is 0 Å². The highest BCUT2D eigenvalue weighted by atomic mass is 35.5. The van der Waals surface area contributed by atoms with Crippen LogP contribution in [0.15, 0.2) is 42.5 Å². The van der Waals surface area contributed by atoms with E-state index < -0.39 is 11.9 Å². The van der Waals surface area contributed by atoms with Gasteiger partial charge in [0.1, 0.15) is 0 Å². The van der Waals surface area contributed by atoms with Crippen molar-refractivity contribution in [2.45, 2.75) is 12.0 Å². The molecule has 0 aliphatic heterocycles. The quantitative estimate of drug-likeness (QED) is 0.891. The van der Waals surface area contributed by atoms with Crippen LogP contribution in [0.4, 0.5) is 4.39 Å². The van der Waals surface area contributed by atoms with Gasteiger partial charge in [-0.2, -0.15) is 0 Å². The van der Waals surface area contributed by atoms with Crippen molar-refractivity contribution in [2.24, 2.45) is 5.73 Å². The van der Waals surface area contributed by atoms with Gasteiger partial charge in [0.15, 0.2) is 11.6 Å². The van der Waals surface area contributed by atoms with Crippen molar-refractivity contribution in [1.82, 2.24) is 0 Å². The third-order valence-corrected chi connectivity index (χ3v) is 3.66. The molecule has 112 valence electrons. The van der Waals surface area contributed by atoms with Gasteiger partial charge in [-0.3, -0.25) is 0 Å². The number of rotatable bonds is 5. The van der Waals surface area contributed by atoms with Gasteiger partial charge in [0, 0.05) is 17.5 Å². The molecular formula is C16H17ClFNO2. The van der Waals surface area contributed by atoms with Crippen molar-refractivity contribution >= 4 is 11.6 Å². The van der Waals surface area contributed by atoms with E-state index in [1.54, 1.807) is 18.2 Å². The van der Waals surface area contributed by atoms with Gasteiger partial charge < -0.3 is 15.6 Å². The van der Waals surface area contributed by atoms with E-state index in [4.69, 9.17) is 22.1 Å². The van der Waals surface area contributed by atoms with Crippen LogP contribution in [0.5, 0.6) is 5.75 Å². The van der Waals surface area contributed by atoms with Crippen molar-refractivity contribution in [2.75, 3.05) is 13.7 Å². The fourth-order valence-electron chi connectivity index (χ4n) is 2.28. The molecule has 0 aliphatic rings. The minimum Gasteiger partial charge on any atom is -0.494 e. The molecule has 2 aromatic carbocycles. The highest BCUT2D eigenvalue weighted by Crippen LogP contribution is 2.33. The summed E-state index contributed by atoms with van der Waals surface area (Å²) in [5.74, 6) is -0.715. The van der Waals surface area contributed by atoms with Gasteiger partial charge in [0.05, 0.1) is 13.2 Å². The Morgan fingerprint density at radius 2 is 2.00 bits per heavy atom. The highest BCUT2D eigenvalue weighted by Gasteiger charge is 2.22. The zero-order valence-corrected chi connectivity index (χ0v) is 12.3. The maximum Gasteiger partial charge on any atom is 0.165 e. The fraction of sp³-hybridized carbons (Fsp3) is 0.250. The topological polar surface area (TPSA) is 55.5 Å². The molecular weight excluding hydrogens is 293 g/mol. The van der Waals surface area contributed by atoms with Crippen molar-refractivity contribution < 1.29 is 14.2 Å². The van der Waals surface area contributed by atoms with Crippen LogP contribution in [0, 0.1) is 5.82 Å². The molecule has 0 radical (unpaired) electrons. The monoisotopic (exact) mass is 309 g/mol. The number of halogens is 2. The first kappa shape index (κ1) is 15.8. The van der Waals surface area contributed by atoms with E-state index in [0.29, 0.717) is 10.6 Å². The number of aliphatic hydroxyl groups is 1. The molecule has 3 nitrogen and oxygen atoms in total. The number of nitrogens with two attached hydrogens (primary N) is 1. The molecule has 5 heteroatoms. The predicted octanol–water partition coefficient (Wildman–Crippen LogP) is 3.26. The Kier molecular flexibility index (Phi) is 5.17. The summed E-state index contributed by atoms with van der Waals surface area (Å²) in [6.45, 7) is 0.237. The van der Waals surface area contributed by atoms with E-state index in [1.165, 1.54) is 25.3 Å². The number of methoxy groups -OCH3 is 1. The van der Waals surface area contributed by atoms with Crippen molar-refractivity contribution in [3.05, 3.63) is 64.4 Å². The number of ether oxygens (including phenoxy) is 1. The Labute approximate surface area is 128 Å². The van der Waals surface area contributed by atoms with Gasteiger partial charge in [0.25, 0.3) is 0 Å². The molecule has 0 amide bonds. The van der Waals surface area contributed by atoms with Crippen LogP contribution >= 0.6 is 11.6 Å². The summed E-state index contributed by atoms with van der Waals surface area (Å²) in [4.78, 5) is 0. The number of hydrogen-bond donors (Lipinski definition) is 2. The molecule has 0 saturated heterocycles. The predicted molar refractivity (Wildman–Crippen MR) is 81.2 cm³/mol. The van der Waals surface area contributed by atoms with E-state index in [0.717, 1.165) is 5.56 Å². The molecule has 0 aromatic heterocycles. The van der Waals surface area contributed by atoms with Crippen molar-refractivity contribution in [3.8, 4) is 5.75 Å². The molecule has 2 atom stereocenters. The molecule has 0 fully saturated rings. The first-order valence-corrected chi connectivity index (χ1v) is 6.91. The number of benzene rings is 2. The average molecular weight is 310 g/mol. The average Bonchev–Trinajstić information content (AvgIpc) is 2.48. The third kappa shape index (κ3) is 3.53. The molecule has 0 aliphatic carbocycles. The molecule has 3 N–H and O–H groups in total. The lowest BCUT2D eigenvalue weighted by atomic mass is 9.89. The summed E-state index contributed by atoms with van der Waals surface area (Å²) < 4.78 is 18.4. The van der Waals surface area contributed by atoms with Crippen molar-refractivity contribution in [1.29, 1.82) is 0 Å². The summed E-state index contributed by atoms with van der Waals surface area (Å²) >= 11 is 5.97. The van der Waals surface area contributed by atoms with Crippen molar-refractivity contribution in [3.63, 3.8) is 0 Å². The molecule has 2 aromatic rings. The smallest absolute Gasteiger partial charge is 0.165 e. The summed E-state index contributed by atoms with van der Waals surface area (Å²) in [6, 6.07) is 11.5. The molecule has 0 heterocycles. The largest absolute Gasteiger partial charge is 0.494 e. The second-order valence-corrected chi connectivity index (χ2v) is 5.17. The maximum atomic E-state index is 13.4. The van der Waals surface area contributed by atoms with Crippen LogP contribution < -0.4 is 10.5 Å². The second kappa shape index (κ2) is 6.89. The van der Waals surface area contributed by atoms with Gasteiger partial charge in [-0.05, 0) is 35.4 Å². The maximum absolute atomic E-state index is 13.4. The minimum absolute atomic E-state index is 0.0911. The van der Waals surface area contributed by atoms with E-state index in [9.17, 15) is 9.50 Å². The molecule has 2 rings (SSSR count). The zero-order chi connectivity index (χ0) is 15.4. The normalized spacial score (nSPS) is 13.8. The highest BCUT2D eigenvalue weighted by molar-refractivity contribution is 6.30. The molecule has 21 heavy (non-hydrogen) atoms. The molecule has 0 spiro atoms. The SMILES string of the molecule is COc1cc(C(O)C(CN)c2cccc(Cl)c2)ccc1F. The van der Waals surface area contributed by atoms with Gasteiger partial charge >= 0.3 is 0 Å². The first-order valence-electron chi connectivity index (χ1n) is 6.54. The summed E-state index contributed by atoms with van der Waals surface area (Å²) in [7, 11) is 1.38. The van der Waals surface area contributed by atoms with Crippen LogP contribution in [-0.4, -0.2) is 18.8 Å². The van der Waals surface area contributed by atoms with Gasteiger partial charge in [-0.25, -0.2) is 4.39 Å². The van der Waals surface area contributed by atoms with E-state index in [1.807, 2.05) is 6.07 Å². The zero-order valence-electron chi connectivity index (χ0n) is 11.6. The minimum atomic E-state index is -0.872. The Morgan fingerprint density at radius 1 is 1.24 bits per heavy atom. The summed E-state index contributed by atoms with van der Waals surface area (Å²) in [6.07, 6.45) is -0.872. The number of hydrogen-bond acceptors (Lipinski definition) is 3. The van der Waals surface area contributed by atoms with E-state index in [-0.39, 0.29) is 18.2 Å². The lowest BCUT2D eigenvalue weighted by molar-refractivity contribution is 0.147. The molecule has 2 unspecified atom stereocenters. The second-order valence-electron chi connectivity index (χ2n) is 4.74. The summed E-state index contributed by atoms with van der Waals surface area (Å²) in [5.41, 5.74) is 7.16. The van der Waals surface area contributed by atoms with Gasteiger partial charge in [-0.15, -0.1) is 0 Å². The third-order valence-electron chi connectivity index (χ3n) is 3.43. The first-order chi connectivity index (χ1) is 10.1. The number of aliphatic hydroxyl groups excluding tert-OH is 1. The lowest BCUT2D eigenvalue weighted by Crippen LogP contribution is -2.20. The Balaban J connectivity index is 2.34. The lowest BCUT2D eigenvalue weighted by Gasteiger charge is -2.23. The molecule has 0 saturated carbocycles. The van der Waals surface area contributed by atoms with Gasteiger partial charge in [-0.1, -0.05) is 29.8 Å². The standard InChI is InChI=1S/C16H17ClFNO2/c1-21-15-8-11(5-6-14(15)18)16(20)13(9-19)10-3-2-4-12(17)7-10/h2-8,13,16,20H,9,19H2,1H3. The Bertz CT molecular complexity index is 621. The van der Waals surface area contributed by atoms with E-state index in [2.05, 4.69) is 0 Å². The van der Waals surface area contributed by atoms with Crippen LogP contribution in [0.1, 0.15) is 23.1 Å². The van der Waals surface area contributed by atoms with Crippen LogP contribution in [0.2, 0.25) is 5.02 Å². The van der Waals surface area contributed by atoms with Crippen LogP contribution in [0.25, 0.3) is 0 Å². The van der Waals surface area contributed by atoms with Crippen LogP contribution in [-0.2, 0) is 0 Å². The van der Waals surface area contributed by atoms with E-state index >= 15 is 0 Å². The van der Waals surface area contributed by atoms with Crippen LogP contribution in [0.3, 0.4) is 0 Å².